The van der Waals surface area contributed by atoms with Crippen molar-refractivity contribution in [1.29, 1.82) is 0 Å². The molecule has 0 spiro atoms. The lowest BCUT2D eigenvalue weighted by Gasteiger charge is -2.23. The van der Waals surface area contributed by atoms with E-state index in [1.54, 1.807) is 0 Å². The average Bonchev–Trinajstić information content (AvgIpc) is 3.92. The van der Waals surface area contributed by atoms with E-state index in [4.69, 9.17) is 19.9 Å². The average molecular weight is 826 g/mol. The normalized spacial score (nSPS) is 14.1. The van der Waals surface area contributed by atoms with Crippen LogP contribution in [0.2, 0.25) is 0 Å². The molecule has 0 N–H and O–H groups in total. The molecule has 0 saturated carbocycles. The number of hydrogen-bond donors (Lipinski definition) is 0. The molecule has 0 amide bonds. The van der Waals surface area contributed by atoms with Crippen LogP contribution in [-0.2, 0) is 6.42 Å². The van der Waals surface area contributed by atoms with E-state index in [9.17, 15) is 0 Å². The van der Waals surface area contributed by atoms with Crippen molar-refractivity contribution in [3.05, 3.63) is 187 Å². The molecular formula is C57H39N5S. The highest BCUT2D eigenvalue weighted by atomic mass is 32.1. The quantitative estimate of drug-likeness (QED) is 0.173. The van der Waals surface area contributed by atoms with Crippen LogP contribution < -0.4 is 0 Å². The topological polar surface area (TPSA) is 56.0 Å². The molecule has 8 aromatic carbocycles. The summed E-state index contributed by atoms with van der Waals surface area (Å²) in [5.41, 5.74) is 13.4. The van der Waals surface area contributed by atoms with Crippen molar-refractivity contribution in [2.75, 3.05) is 0 Å². The van der Waals surface area contributed by atoms with Crippen molar-refractivity contribution in [3.8, 4) is 56.5 Å². The maximum atomic E-state index is 5.50. The Morgan fingerprint density at radius 2 is 1.08 bits per heavy atom. The first-order valence-corrected chi connectivity index (χ1v) is 22.7. The molecule has 4 aromatic heterocycles. The van der Waals surface area contributed by atoms with Crippen molar-refractivity contribution < 1.29 is 0 Å². The van der Waals surface area contributed by atoms with Gasteiger partial charge in [-0.1, -0.05) is 165 Å². The molecule has 1 aliphatic rings. The Labute approximate surface area is 368 Å². The Kier molecular flexibility index (Phi) is 8.18. The molecule has 5 nitrogen and oxygen atoms in total. The van der Waals surface area contributed by atoms with Gasteiger partial charge in [-0.25, -0.2) is 19.9 Å². The van der Waals surface area contributed by atoms with Gasteiger partial charge in [-0.15, -0.1) is 11.3 Å². The van der Waals surface area contributed by atoms with E-state index in [2.05, 4.69) is 163 Å². The molecule has 63 heavy (non-hydrogen) atoms. The summed E-state index contributed by atoms with van der Waals surface area (Å²) in [6.07, 6.45) is 3.64. The molecule has 13 rings (SSSR count). The van der Waals surface area contributed by atoms with Gasteiger partial charge in [-0.2, -0.15) is 0 Å². The number of nitrogens with zero attached hydrogens (tertiary/aromatic N) is 5. The van der Waals surface area contributed by atoms with Crippen LogP contribution in [0, 0.1) is 0 Å². The highest BCUT2D eigenvalue weighted by molar-refractivity contribution is 7.27. The SMILES string of the molecule is CC1CCCc2cc3cc4c(cc3cc21)nc1c2sc3c5ccccc5ccc3c2cc(-c2ccc(-c3nc(-c5ccccc5)nc(-c5ccc(-c6ccccc6)cc5)n3)cc2)n41. The second-order valence-electron chi connectivity index (χ2n) is 17.0. The monoisotopic (exact) mass is 825 g/mol. The summed E-state index contributed by atoms with van der Waals surface area (Å²) < 4.78 is 4.91. The van der Waals surface area contributed by atoms with Crippen LogP contribution in [0.1, 0.15) is 36.8 Å². The summed E-state index contributed by atoms with van der Waals surface area (Å²) in [6.45, 7) is 2.37. The number of fused-ring (bicyclic) bond motifs is 11. The molecule has 1 unspecified atom stereocenters. The minimum atomic E-state index is 0.582. The van der Waals surface area contributed by atoms with Gasteiger partial charge in [-0.3, -0.25) is 4.40 Å². The van der Waals surface area contributed by atoms with Gasteiger partial charge < -0.3 is 0 Å². The van der Waals surface area contributed by atoms with Crippen LogP contribution in [0.25, 0.3) is 115 Å². The van der Waals surface area contributed by atoms with E-state index >= 15 is 0 Å². The van der Waals surface area contributed by atoms with Crippen LogP contribution in [0.4, 0.5) is 0 Å². The number of thiophene rings is 1. The first-order valence-electron chi connectivity index (χ1n) is 21.8. The molecule has 1 aliphatic carbocycles. The van der Waals surface area contributed by atoms with Crippen LogP contribution in [0.3, 0.4) is 0 Å². The second-order valence-corrected chi connectivity index (χ2v) is 18.1. The zero-order valence-electron chi connectivity index (χ0n) is 34.6. The summed E-state index contributed by atoms with van der Waals surface area (Å²) >= 11 is 1.86. The molecule has 6 heteroatoms. The number of benzene rings is 8. The van der Waals surface area contributed by atoms with Crippen molar-refractivity contribution in [1.82, 2.24) is 24.3 Å². The zero-order valence-corrected chi connectivity index (χ0v) is 35.4. The summed E-state index contributed by atoms with van der Waals surface area (Å²) in [5, 5.41) is 7.56. The number of hydrogen-bond acceptors (Lipinski definition) is 5. The Morgan fingerprint density at radius 1 is 0.476 bits per heavy atom. The lowest BCUT2D eigenvalue weighted by molar-refractivity contribution is 0.591. The largest absolute Gasteiger partial charge is 0.291 e. The number of aromatic nitrogens is 5. The Balaban J connectivity index is 0.989. The third-order valence-corrected chi connectivity index (χ3v) is 14.4. The summed E-state index contributed by atoms with van der Waals surface area (Å²) in [4.78, 5) is 20.7. The van der Waals surface area contributed by atoms with Gasteiger partial charge >= 0.3 is 0 Å². The van der Waals surface area contributed by atoms with Gasteiger partial charge in [0.2, 0.25) is 0 Å². The fourth-order valence-electron chi connectivity index (χ4n) is 9.91. The fraction of sp³-hybridized carbons (Fsp3) is 0.0877. The van der Waals surface area contributed by atoms with E-state index < -0.39 is 0 Å². The van der Waals surface area contributed by atoms with Gasteiger partial charge in [0.1, 0.15) is 0 Å². The van der Waals surface area contributed by atoms with E-state index in [-0.39, 0.29) is 0 Å². The van der Waals surface area contributed by atoms with Gasteiger partial charge in [0.25, 0.3) is 0 Å². The van der Waals surface area contributed by atoms with E-state index in [0.717, 1.165) is 56.6 Å². The summed E-state index contributed by atoms with van der Waals surface area (Å²) in [6, 6.07) is 63.0. The molecule has 298 valence electrons. The Hall–Kier alpha value is -7.54. The number of aryl methyl sites for hydroxylation is 1. The molecule has 0 fully saturated rings. The number of pyridine rings is 1. The maximum absolute atomic E-state index is 5.50. The predicted octanol–water partition coefficient (Wildman–Crippen LogP) is 15.1. The maximum Gasteiger partial charge on any atom is 0.164 e. The molecule has 0 bridgehead atoms. The molecule has 0 radical (unpaired) electrons. The van der Waals surface area contributed by atoms with Gasteiger partial charge in [-0.05, 0) is 92.7 Å². The fourth-order valence-corrected chi connectivity index (χ4v) is 11.2. The standard InChI is InChI=1S/C57H39N5S/c1-34-11-10-17-42-29-43-32-51-49(31-44(43)30-47(34)42)58-57-53-48(46-28-27-37-14-8-9-18-45(37)52(46)63-53)33-50(62(51)57)38-21-25-41(26-22-38)56-60-54(39-15-6-3-7-16-39)59-55(61-56)40-23-19-36(20-24-40)35-12-4-2-5-13-35/h2-9,12-16,18-34H,10-11,17H2,1H3. The molecule has 4 heterocycles. The van der Waals surface area contributed by atoms with Gasteiger partial charge in [0.05, 0.1) is 21.4 Å². The number of imidazole rings is 1. The van der Waals surface area contributed by atoms with Crippen LogP contribution >= 0.6 is 11.3 Å². The van der Waals surface area contributed by atoms with Crippen LogP contribution in [0.15, 0.2) is 176 Å². The third kappa shape index (κ3) is 5.97. The Morgan fingerprint density at radius 3 is 1.81 bits per heavy atom. The van der Waals surface area contributed by atoms with Gasteiger partial charge in [0.15, 0.2) is 23.1 Å². The van der Waals surface area contributed by atoms with Gasteiger partial charge in [0, 0.05) is 32.2 Å². The zero-order chi connectivity index (χ0) is 41.6. The smallest absolute Gasteiger partial charge is 0.164 e. The minimum absolute atomic E-state index is 0.582. The number of rotatable bonds is 5. The minimum Gasteiger partial charge on any atom is -0.291 e. The van der Waals surface area contributed by atoms with Crippen molar-refractivity contribution in [3.63, 3.8) is 0 Å². The first-order chi connectivity index (χ1) is 31.1. The first kappa shape index (κ1) is 36.1. The highest BCUT2D eigenvalue weighted by Crippen LogP contribution is 2.44. The predicted molar refractivity (Wildman–Crippen MR) is 263 cm³/mol. The van der Waals surface area contributed by atoms with Crippen molar-refractivity contribution in [2.24, 2.45) is 0 Å². The molecule has 0 saturated heterocycles. The molecule has 0 aliphatic heterocycles. The lowest BCUT2D eigenvalue weighted by Crippen LogP contribution is -2.06. The lowest BCUT2D eigenvalue weighted by atomic mass is 9.82. The summed E-state index contributed by atoms with van der Waals surface area (Å²) in [5.74, 6) is 2.49. The summed E-state index contributed by atoms with van der Waals surface area (Å²) in [7, 11) is 0. The van der Waals surface area contributed by atoms with Crippen LogP contribution in [0.5, 0.6) is 0 Å². The molecule has 1 atom stereocenters. The van der Waals surface area contributed by atoms with E-state index in [1.165, 1.54) is 71.2 Å². The van der Waals surface area contributed by atoms with Crippen LogP contribution in [-0.4, -0.2) is 24.3 Å². The van der Waals surface area contributed by atoms with Crippen molar-refractivity contribution in [2.45, 2.75) is 32.1 Å². The third-order valence-electron chi connectivity index (χ3n) is 13.2. The van der Waals surface area contributed by atoms with Crippen molar-refractivity contribution >= 4 is 69.7 Å². The molecule has 12 aromatic rings. The highest BCUT2D eigenvalue weighted by Gasteiger charge is 2.22. The Bertz CT molecular complexity index is 3760. The van der Waals surface area contributed by atoms with E-state index in [0.29, 0.717) is 23.4 Å². The van der Waals surface area contributed by atoms with E-state index in [1.807, 2.05) is 35.6 Å². The second kappa shape index (κ2) is 14.3. The molecular weight excluding hydrogens is 787 g/mol.